The first-order chi connectivity index (χ1) is 14.8. The van der Waals surface area contributed by atoms with Gasteiger partial charge >= 0.3 is 0 Å². The highest BCUT2D eigenvalue weighted by molar-refractivity contribution is 8.00. The van der Waals surface area contributed by atoms with E-state index >= 15 is 0 Å². The Morgan fingerprint density at radius 1 is 1.00 bits per heavy atom. The predicted octanol–water partition coefficient (Wildman–Crippen LogP) is 2.45. The lowest BCUT2D eigenvalue weighted by Crippen LogP contribution is -2.42. The number of amides is 2. The molecule has 0 aliphatic heterocycles. The van der Waals surface area contributed by atoms with Crippen molar-refractivity contribution < 1.29 is 26.8 Å². The second-order valence-electron chi connectivity index (χ2n) is 6.15. The van der Waals surface area contributed by atoms with E-state index in [1.807, 2.05) is 0 Å². The van der Waals surface area contributed by atoms with E-state index in [9.17, 15) is 22.4 Å². The van der Waals surface area contributed by atoms with Crippen molar-refractivity contribution in [3.63, 3.8) is 0 Å². The molecule has 2 amide bonds. The Morgan fingerprint density at radius 3 is 2.55 bits per heavy atom. The molecular weight excluding hydrogens is 445 g/mol. The van der Waals surface area contributed by atoms with Crippen LogP contribution in [0, 0.1) is 5.82 Å². The molecule has 162 valence electrons. The van der Waals surface area contributed by atoms with Gasteiger partial charge in [0.25, 0.3) is 5.91 Å². The van der Waals surface area contributed by atoms with Crippen molar-refractivity contribution in [3.05, 3.63) is 84.1 Å². The van der Waals surface area contributed by atoms with E-state index in [1.54, 1.807) is 24.3 Å². The summed E-state index contributed by atoms with van der Waals surface area (Å²) in [7, 11) is -3.88. The van der Waals surface area contributed by atoms with Crippen molar-refractivity contribution in [1.82, 2.24) is 15.6 Å². The van der Waals surface area contributed by atoms with Crippen LogP contribution in [-0.4, -0.2) is 26.0 Å². The number of rotatable bonds is 8. The van der Waals surface area contributed by atoms with E-state index in [-0.39, 0.29) is 22.8 Å². The maximum Gasteiger partial charge on any atom is 0.269 e. The van der Waals surface area contributed by atoms with Crippen LogP contribution < -0.4 is 15.6 Å². The van der Waals surface area contributed by atoms with E-state index in [1.165, 1.54) is 42.7 Å². The molecule has 0 radical (unpaired) electrons. The largest absolute Gasteiger partial charge is 0.468 e. The zero-order valence-corrected chi connectivity index (χ0v) is 17.6. The molecule has 0 spiro atoms. The number of benzene rings is 2. The molecule has 0 aliphatic rings. The highest BCUT2D eigenvalue weighted by atomic mass is 32.2. The minimum atomic E-state index is -3.88. The number of hydrogen-bond donors (Lipinski definition) is 3. The summed E-state index contributed by atoms with van der Waals surface area (Å²) in [5.41, 5.74) is 4.45. The number of carbonyl (C=O) groups excluding carboxylic acids is 2. The highest BCUT2D eigenvalue weighted by Crippen LogP contribution is 2.20. The minimum absolute atomic E-state index is 0.0305. The van der Waals surface area contributed by atoms with E-state index < -0.39 is 27.7 Å². The topological polar surface area (TPSA) is 118 Å². The Bertz CT molecular complexity index is 1170. The average molecular weight is 464 g/mol. The van der Waals surface area contributed by atoms with Gasteiger partial charge in [0, 0.05) is 10.5 Å². The fraction of sp³-hybridized carbons (Fsp3) is 0.100. The Labute approximate surface area is 182 Å². The SMILES string of the molecule is O=C(CSc1ccccc1F)NNC(=O)c1cccc(S(=O)(=O)NCc2ccco2)c1. The summed E-state index contributed by atoms with van der Waals surface area (Å²) in [6, 6.07) is 14.6. The second-order valence-corrected chi connectivity index (χ2v) is 8.94. The van der Waals surface area contributed by atoms with Crippen LogP contribution in [0.25, 0.3) is 0 Å². The number of furan rings is 1. The molecule has 31 heavy (non-hydrogen) atoms. The number of hydrogen-bond acceptors (Lipinski definition) is 6. The van der Waals surface area contributed by atoms with Gasteiger partial charge in [0.05, 0.1) is 23.5 Å². The number of nitrogens with one attached hydrogen (secondary N) is 3. The molecule has 1 heterocycles. The summed E-state index contributed by atoms with van der Waals surface area (Å²) in [6.07, 6.45) is 1.43. The molecule has 0 saturated carbocycles. The van der Waals surface area contributed by atoms with Gasteiger partial charge < -0.3 is 4.42 Å². The second kappa shape index (κ2) is 10.2. The van der Waals surface area contributed by atoms with Crippen LogP contribution in [0.1, 0.15) is 16.1 Å². The van der Waals surface area contributed by atoms with Gasteiger partial charge in [-0.1, -0.05) is 18.2 Å². The summed E-state index contributed by atoms with van der Waals surface area (Å²) >= 11 is 0.979. The molecule has 0 atom stereocenters. The first-order valence-electron chi connectivity index (χ1n) is 8.94. The summed E-state index contributed by atoms with van der Waals surface area (Å²) in [4.78, 5) is 24.4. The summed E-state index contributed by atoms with van der Waals surface area (Å²) < 4.78 is 45.9. The van der Waals surface area contributed by atoms with Crippen molar-refractivity contribution in [3.8, 4) is 0 Å². The molecule has 0 aliphatic carbocycles. The van der Waals surface area contributed by atoms with Crippen molar-refractivity contribution in [2.24, 2.45) is 0 Å². The van der Waals surface area contributed by atoms with Gasteiger partial charge in [-0.15, -0.1) is 11.8 Å². The van der Waals surface area contributed by atoms with Crippen LogP contribution in [0.5, 0.6) is 0 Å². The van der Waals surface area contributed by atoms with Crippen molar-refractivity contribution >= 4 is 33.6 Å². The molecule has 11 heteroatoms. The third-order valence-electron chi connectivity index (χ3n) is 3.93. The quantitative estimate of drug-likeness (QED) is 0.349. The standard InChI is InChI=1S/C20H18FN3O5S2/c21-17-8-1-2-9-18(17)30-13-19(25)23-24-20(26)14-5-3-7-16(11-14)31(27,28)22-12-15-6-4-10-29-15/h1-11,22H,12-13H2,(H,23,25)(H,24,26). The van der Waals surface area contributed by atoms with E-state index in [4.69, 9.17) is 4.42 Å². The Kier molecular flexibility index (Phi) is 7.45. The van der Waals surface area contributed by atoms with Gasteiger partial charge in [-0.05, 0) is 42.5 Å². The molecule has 1 aromatic heterocycles. The molecule has 0 saturated heterocycles. The van der Waals surface area contributed by atoms with Crippen LogP contribution in [0.4, 0.5) is 4.39 Å². The third kappa shape index (κ3) is 6.41. The van der Waals surface area contributed by atoms with Crippen LogP contribution in [0.3, 0.4) is 0 Å². The average Bonchev–Trinajstić information content (AvgIpc) is 3.29. The summed E-state index contributed by atoms with van der Waals surface area (Å²) in [5.74, 6) is -1.37. The third-order valence-corrected chi connectivity index (χ3v) is 6.38. The van der Waals surface area contributed by atoms with Gasteiger partial charge in [0.1, 0.15) is 11.6 Å². The molecular formula is C20H18FN3O5S2. The van der Waals surface area contributed by atoms with Gasteiger partial charge in [-0.2, -0.15) is 0 Å². The molecule has 3 aromatic rings. The van der Waals surface area contributed by atoms with Crippen LogP contribution in [0.2, 0.25) is 0 Å². The normalized spacial score (nSPS) is 11.1. The first-order valence-corrected chi connectivity index (χ1v) is 11.4. The number of carbonyl (C=O) groups is 2. The molecule has 0 bridgehead atoms. The lowest BCUT2D eigenvalue weighted by atomic mass is 10.2. The number of halogens is 1. The maximum absolute atomic E-state index is 13.6. The molecule has 8 nitrogen and oxygen atoms in total. The smallest absolute Gasteiger partial charge is 0.269 e. The Balaban J connectivity index is 1.54. The number of sulfonamides is 1. The van der Waals surface area contributed by atoms with Crippen LogP contribution in [-0.2, 0) is 21.4 Å². The van der Waals surface area contributed by atoms with Gasteiger partial charge in [-0.25, -0.2) is 17.5 Å². The summed E-state index contributed by atoms with van der Waals surface area (Å²) in [6.45, 7) is -0.0402. The Morgan fingerprint density at radius 2 is 1.81 bits per heavy atom. The number of thioether (sulfide) groups is 1. The van der Waals surface area contributed by atoms with E-state index in [2.05, 4.69) is 15.6 Å². The van der Waals surface area contributed by atoms with Gasteiger partial charge in [-0.3, -0.25) is 20.4 Å². The fourth-order valence-electron chi connectivity index (χ4n) is 2.41. The van der Waals surface area contributed by atoms with Gasteiger partial charge in [0.2, 0.25) is 15.9 Å². The predicted molar refractivity (Wildman–Crippen MR) is 112 cm³/mol. The Hall–Kier alpha value is -3.15. The van der Waals surface area contributed by atoms with Crippen LogP contribution >= 0.6 is 11.8 Å². The highest BCUT2D eigenvalue weighted by Gasteiger charge is 2.17. The van der Waals surface area contributed by atoms with Crippen molar-refractivity contribution in [1.29, 1.82) is 0 Å². The monoisotopic (exact) mass is 463 g/mol. The molecule has 2 aromatic carbocycles. The number of hydrazine groups is 1. The molecule has 0 fully saturated rings. The molecule has 3 N–H and O–H groups in total. The zero-order valence-electron chi connectivity index (χ0n) is 16.0. The zero-order chi connectivity index (χ0) is 22.3. The molecule has 0 unspecified atom stereocenters. The first kappa shape index (κ1) is 22.5. The van der Waals surface area contributed by atoms with Gasteiger partial charge in [0.15, 0.2) is 0 Å². The summed E-state index contributed by atoms with van der Waals surface area (Å²) in [5, 5.41) is 0. The fourth-order valence-corrected chi connectivity index (χ4v) is 4.19. The van der Waals surface area contributed by atoms with Crippen molar-refractivity contribution in [2.75, 3.05) is 5.75 Å². The lowest BCUT2D eigenvalue weighted by molar-refractivity contribution is -0.119. The van der Waals surface area contributed by atoms with E-state index in [0.29, 0.717) is 10.7 Å². The maximum atomic E-state index is 13.6. The molecule has 3 rings (SSSR count). The minimum Gasteiger partial charge on any atom is -0.468 e. The van der Waals surface area contributed by atoms with Crippen molar-refractivity contribution in [2.45, 2.75) is 16.3 Å². The van der Waals surface area contributed by atoms with E-state index in [0.717, 1.165) is 11.8 Å². The van der Waals surface area contributed by atoms with Crippen LogP contribution in [0.15, 0.2) is 81.1 Å². The lowest BCUT2D eigenvalue weighted by Gasteiger charge is -2.09.